The number of anilines is 1. The van der Waals surface area contributed by atoms with Gasteiger partial charge in [-0.3, -0.25) is 4.79 Å². The van der Waals surface area contributed by atoms with Crippen molar-refractivity contribution in [1.29, 1.82) is 5.26 Å². The van der Waals surface area contributed by atoms with Crippen LogP contribution in [0, 0.1) is 11.3 Å². The van der Waals surface area contributed by atoms with Gasteiger partial charge in [-0.1, -0.05) is 0 Å². The number of carbonyl (C=O) groups excluding carboxylic acids is 1. The maximum absolute atomic E-state index is 12.4. The van der Waals surface area contributed by atoms with Crippen LogP contribution in [0.15, 0.2) is 18.2 Å². The second kappa shape index (κ2) is 5.06. The van der Waals surface area contributed by atoms with Crippen LogP contribution in [0.3, 0.4) is 0 Å². The third kappa shape index (κ3) is 3.36. The molecule has 7 heteroatoms. The molecule has 0 bridgehead atoms. The predicted octanol–water partition coefficient (Wildman–Crippen LogP) is 2.75. The minimum absolute atomic E-state index is 0.0974. The molecular formula is C10H6ClF3N2O. The molecule has 1 aromatic carbocycles. The Kier molecular flexibility index (Phi) is 3.97. The lowest BCUT2D eigenvalue weighted by atomic mass is 10.1. The highest BCUT2D eigenvalue weighted by Gasteiger charge is 2.33. The van der Waals surface area contributed by atoms with E-state index in [1.54, 1.807) is 0 Å². The molecule has 0 aliphatic rings. The second-order valence-electron chi connectivity index (χ2n) is 3.05. The van der Waals surface area contributed by atoms with E-state index in [9.17, 15) is 18.0 Å². The summed E-state index contributed by atoms with van der Waals surface area (Å²) in [5.41, 5.74) is -1.49. The van der Waals surface area contributed by atoms with Crippen molar-refractivity contribution in [1.82, 2.24) is 0 Å². The highest BCUT2D eigenvalue weighted by atomic mass is 35.5. The van der Waals surface area contributed by atoms with Crippen LogP contribution >= 0.6 is 11.6 Å². The summed E-state index contributed by atoms with van der Waals surface area (Å²) in [6.07, 6.45) is -4.60. The third-order valence-corrected chi connectivity index (χ3v) is 2.09. The van der Waals surface area contributed by atoms with Crippen LogP contribution in [-0.2, 0) is 11.0 Å². The standard InChI is InChI=1S/C10H6ClF3N2O/c11-4-9(17)16-7-1-2-8(10(12,13)14)6(3-7)5-15/h1-3H,4H2,(H,16,17). The third-order valence-electron chi connectivity index (χ3n) is 1.85. The van der Waals surface area contributed by atoms with Crippen molar-refractivity contribution in [2.45, 2.75) is 6.18 Å². The van der Waals surface area contributed by atoms with Gasteiger partial charge in [0.2, 0.25) is 5.91 Å². The van der Waals surface area contributed by atoms with Gasteiger partial charge in [0.25, 0.3) is 0 Å². The van der Waals surface area contributed by atoms with E-state index in [1.165, 1.54) is 6.07 Å². The van der Waals surface area contributed by atoms with Crippen molar-refractivity contribution in [2.75, 3.05) is 11.2 Å². The van der Waals surface area contributed by atoms with Crippen LogP contribution in [0.1, 0.15) is 11.1 Å². The number of rotatable bonds is 2. The molecule has 3 nitrogen and oxygen atoms in total. The van der Waals surface area contributed by atoms with Gasteiger partial charge in [0.15, 0.2) is 0 Å². The highest BCUT2D eigenvalue weighted by molar-refractivity contribution is 6.29. The zero-order valence-corrected chi connectivity index (χ0v) is 9.06. The Morgan fingerprint density at radius 2 is 2.12 bits per heavy atom. The number of nitriles is 1. The number of nitrogens with zero attached hydrogens (tertiary/aromatic N) is 1. The number of alkyl halides is 4. The lowest BCUT2D eigenvalue weighted by molar-refractivity contribution is -0.137. The first-order valence-corrected chi connectivity index (χ1v) is 4.89. The van der Waals surface area contributed by atoms with E-state index in [4.69, 9.17) is 16.9 Å². The highest BCUT2D eigenvalue weighted by Crippen LogP contribution is 2.32. The molecule has 0 unspecified atom stereocenters. The molecule has 0 radical (unpaired) electrons. The van der Waals surface area contributed by atoms with Gasteiger partial charge >= 0.3 is 6.18 Å². The average Bonchev–Trinajstić information content (AvgIpc) is 2.27. The van der Waals surface area contributed by atoms with Gasteiger partial charge in [0, 0.05) is 5.69 Å². The van der Waals surface area contributed by atoms with Gasteiger partial charge in [-0.15, -0.1) is 11.6 Å². The summed E-state index contributed by atoms with van der Waals surface area (Å²) in [6.45, 7) is 0. The summed E-state index contributed by atoms with van der Waals surface area (Å²) in [7, 11) is 0. The summed E-state index contributed by atoms with van der Waals surface area (Å²) in [5.74, 6) is -0.876. The number of halogens is 4. The topological polar surface area (TPSA) is 52.9 Å². The normalized spacial score (nSPS) is 10.8. The number of nitrogens with one attached hydrogen (secondary N) is 1. The molecular weight excluding hydrogens is 257 g/mol. The molecule has 0 aromatic heterocycles. The molecule has 90 valence electrons. The predicted molar refractivity (Wildman–Crippen MR) is 55.5 cm³/mol. The van der Waals surface area contributed by atoms with Gasteiger partial charge < -0.3 is 5.32 Å². The molecule has 0 aliphatic carbocycles. The molecule has 0 aliphatic heterocycles. The second-order valence-corrected chi connectivity index (χ2v) is 3.32. The van der Waals surface area contributed by atoms with Gasteiger partial charge in [-0.25, -0.2) is 0 Å². The molecule has 0 atom stereocenters. The van der Waals surface area contributed by atoms with Gasteiger partial charge in [0.1, 0.15) is 5.88 Å². The zero-order valence-electron chi connectivity index (χ0n) is 8.31. The number of carbonyl (C=O) groups is 1. The van der Waals surface area contributed by atoms with Crippen molar-refractivity contribution in [3.63, 3.8) is 0 Å². The molecule has 1 amide bonds. The Morgan fingerprint density at radius 1 is 1.47 bits per heavy atom. The molecule has 0 fully saturated rings. The zero-order chi connectivity index (χ0) is 13.1. The lowest BCUT2D eigenvalue weighted by Gasteiger charge is -2.10. The van der Waals surface area contributed by atoms with E-state index in [0.29, 0.717) is 0 Å². The Balaban J connectivity index is 3.10. The fraction of sp³-hybridized carbons (Fsp3) is 0.200. The van der Waals surface area contributed by atoms with Crippen LogP contribution < -0.4 is 5.32 Å². The van der Waals surface area contributed by atoms with E-state index < -0.39 is 23.2 Å². The number of hydrogen-bond donors (Lipinski definition) is 1. The van der Waals surface area contributed by atoms with Crippen molar-refractivity contribution in [3.05, 3.63) is 29.3 Å². The summed E-state index contributed by atoms with van der Waals surface area (Å²) >= 11 is 5.22. The van der Waals surface area contributed by atoms with Crippen LogP contribution in [0.25, 0.3) is 0 Å². The molecule has 17 heavy (non-hydrogen) atoms. The van der Waals surface area contributed by atoms with Crippen molar-refractivity contribution in [3.8, 4) is 6.07 Å². The smallest absolute Gasteiger partial charge is 0.325 e. The van der Waals surface area contributed by atoms with Crippen LogP contribution in [0.2, 0.25) is 0 Å². The van der Waals surface area contributed by atoms with Crippen molar-refractivity contribution < 1.29 is 18.0 Å². The molecule has 0 saturated carbocycles. The summed E-state index contributed by atoms with van der Waals surface area (Å²) < 4.78 is 37.3. The average molecular weight is 263 g/mol. The van der Waals surface area contributed by atoms with E-state index in [1.807, 2.05) is 0 Å². The van der Waals surface area contributed by atoms with Crippen LogP contribution in [0.5, 0.6) is 0 Å². The van der Waals surface area contributed by atoms with E-state index in [2.05, 4.69) is 5.32 Å². The van der Waals surface area contributed by atoms with Gasteiger partial charge in [0.05, 0.1) is 17.2 Å². The number of benzene rings is 1. The Labute approximate surface area is 99.8 Å². The monoisotopic (exact) mass is 262 g/mol. The summed E-state index contributed by atoms with van der Waals surface area (Å²) in [6, 6.07) is 4.18. The minimum Gasteiger partial charge on any atom is -0.325 e. The Bertz CT molecular complexity index is 479. The minimum atomic E-state index is -4.60. The summed E-state index contributed by atoms with van der Waals surface area (Å²) in [4.78, 5) is 10.9. The fourth-order valence-electron chi connectivity index (χ4n) is 1.16. The first-order chi connectivity index (χ1) is 7.88. The van der Waals surface area contributed by atoms with Gasteiger partial charge in [-0.05, 0) is 18.2 Å². The molecule has 0 heterocycles. The lowest BCUT2D eigenvalue weighted by Crippen LogP contribution is -2.14. The quantitative estimate of drug-likeness (QED) is 0.833. The first-order valence-electron chi connectivity index (χ1n) is 4.35. The largest absolute Gasteiger partial charge is 0.417 e. The molecule has 1 aromatic rings. The van der Waals surface area contributed by atoms with E-state index >= 15 is 0 Å². The van der Waals surface area contributed by atoms with Crippen molar-refractivity contribution in [2.24, 2.45) is 0 Å². The summed E-state index contributed by atoms with van der Waals surface area (Å²) in [5, 5.41) is 10.9. The van der Waals surface area contributed by atoms with Crippen LogP contribution in [-0.4, -0.2) is 11.8 Å². The maximum atomic E-state index is 12.4. The SMILES string of the molecule is N#Cc1cc(NC(=O)CCl)ccc1C(F)(F)F. The maximum Gasteiger partial charge on any atom is 0.417 e. The number of hydrogen-bond acceptors (Lipinski definition) is 2. The fourth-order valence-corrected chi connectivity index (χ4v) is 1.22. The Hall–Kier alpha value is -1.74. The van der Waals surface area contributed by atoms with Crippen molar-refractivity contribution >= 4 is 23.2 Å². The number of amides is 1. The van der Waals surface area contributed by atoms with E-state index in [0.717, 1.165) is 18.2 Å². The molecule has 1 rings (SSSR count). The molecule has 0 spiro atoms. The first kappa shape index (κ1) is 13.3. The van der Waals surface area contributed by atoms with Gasteiger partial charge in [-0.2, -0.15) is 18.4 Å². The molecule has 1 N–H and O–H groups in total. The molecule has 0 saturated heterocycles. The van der Waals surface area contributed by atoms with E-state index in [-0.39, 0.29) is 11.6 Å². The Morgan fingerprint density at radius 3 is 2.59 bits per heavy atom. The van der Waals surface area contributed by atoms with Crippen LogP contribution in [0.4, 0.5) is 18.9 Å².